The standard InChI is InChI=1S/C42H67N3O3S/c1-38(2)35-16-18-41(5)36(39(35,3)21-24-45(38)29-31-10-12-32(13-11-31)37(46)48-6)15-14-33-34-9-7-17-42(34,20-19-40(33,41)4)30-43-22-8-23-44-25-27-49(47)28-26-44/h10-13,33-36,43H,7-9,14-30H2,1-6H3/t33?,34?,35?,36?,39?,40-,41?,42?/m1/s1. The summed E-state index contributed by atoms with van der Waals surface area (Å²) < 4.78 is 16.7. The highest BCUT2D eigenvalue weighted by molar-refractivity contribution is 7.85. The number of esters is 1. The quantitative estimate of drug-likeness (QED) is 0.213. The van der Waals surface area contributed by atoms with Gasteiger partial charge in [0.1, 0.15) is 0 Å². The highest BCUT2D eigenvalue weighted by Crippen LogP contribution is 2.76. The summed E-state index contributed by atoms with van der Waals surface area (Å²) in [5.74, 6) is 4.74. The number of ether oxygens (including phenoxy) is 1. The molecule has 274 valence electrons. The fraction of sp³-hybridized carbons (Fsp3) is 0.833. The highest BCUT2D eigenvalue weighted by Gasteiger charge is 2.69. The molecule has 0 spiro atoms. The number of hydrogen-bond acceptors (Lipinski definition) is 6. The number of rotatable bonds is 9. The van der Waals surface area contributed by atoms with Gasteiger partial charge in [-0.05, 0) is 161 Å². The molecule has 6 aliphatic rings. The molecule has 8 atom stereocenters. The molecular weight excluding hydrogens is 627 g/mol. The fourth-order valence-corrected chi connectivity index (χ4v) is 14.9. The van der Waals surface area contributed by atoms with Gasteiger partial charge >= 0.3 is 5.97 Å². The first-order chi connectivity index (χ1) is 23.4. The van der Waals surface area contributed by atoms with Gasteiger partial charge in [0.2, 0.25) is 0 Å². The largest absolute Gasteiger partial charge is 0.465 e. The number of nitrogens with zero attached hydrogens (tertiary/aromatic N) is 2. The summed E-state index contributed by atoms with van der Waals surface area (Å²) in [5.41, 5.74) is 3.81. The number of piperidine rings is 1. The fourth-order valence-electron chi connectivity index (χ4n) is 13.8. The zero-order valence-electron chi connectivity index (χ0n) is 31.8. The molecule has 0 aromatic heterocycles. The second-order valence-electron chi connectivity index (χ2n) is 18.8. The Hall–Kier alpha value is -1.28. The van der Waals surface area contributed by atoms with E-state index in [0.717, 1.165) is 68.5 Å². The predicted molar refractivity (Wildman–Crippen MR) is 201 cm³/mol. The van der Waals surface area contributed by atoms with Gasteiger partial charge in [-0.15, -0.1) is 0 Å². The number of carbonyl (C=O) groups excluding carboxylic acids is 1. The van der Waals surface area contributed by atoms with Crippen LogP contribution in [-0.4, -0.2) is 83.4 Å². The lowest BCUT2D eigenvalue weighted by atomic mass is 9.33. The summed E-state index contributed by atoms with van der Waals surface area (Å²) in [6.07, 6.45) is 15.3. The summed E-state index contributed by atoms with van der Waals surface area (Å²) in [6.45, 7) is 21.0. The molecular formula is C42H67N3O3S. The van der Waals surface area contributed by atoms with Crippen LogP contribution >= 0.6 is 0 Å². The van der Waals surface area contributed by atoms with E-state index in [-0.39, 0.29) is 11.5 Å². The first-order valence-electron chi connectivity index (χ1n) is 20.1. The summed E-state index contributed by atoms with van der Waals surface area (Å²) in [7, 11) is 0.872. The van der Waals surface area contributed by atoms with Gasteiger partial charge in [-0.2, -0.15) is 0 Å². The van der Waals surface area contributed by atoms with Gasteiger partial charge in [-0.1, -0.05) is 39.3 Å². The molecule has 7 unspecified atom stereocenters. The van der Waals surface area contributed by atoms with Crippen LogP contribution in [0.3, 0.4) is 0 Å². The van der Waals surface area contributed by atoms with Crippen molar-refractivity contribution in [2.24, 2.45) is 45.3 Å². The van der Waals surface area contributed by atoms with Gasteiger partial charge in [0.15, 0.2) is 0 Å². The van der Waals surface area contributed by atoms with Crippen LogP contribution in [0.15, 0.2) is 24.3 Å². The third-order valence-corrected chi connectivity index (χ3v) is 18.0. The predicted octanol–water partition coefficient (Wildman–Crippen LogP) is 7.54. The van der Waals surface area contributed by atoms with Crippen molar-refractivity contribution < 1.29 is 13.7 Å². The van der Waals surface area contributed by atoms with E-state index >= 15 is 0 Å². The smallest absolute Gasteiger partial charge is 0.337 e. The van der Waals surface area contributed by atoms with Crippen LogP contribution < -0.4 is 5.32 Å². The van der Waals surface area contributed by atoms with Crippen LogP contribution in [0.5, 0.6) is 0 Å². The first kappa shape index (κ1) is 36.1. The number of nitrogens with one attached hydrogen (secondary N) is 1. The maximum Gasteiger partial charge on any atom is 0.337 e. The average Bonchev–Trinajstić information content (AvgIpc) is 3.51. The van der Waals surface area contributed by atoms with Crippen molar-refractivity contribution in [1.29, 1.82) is 0 Å². The molecule has 7 rings (SSSR count). The molecule has 2 aliphatic heterocycles. The van der Waals surface area contributed by atoms with Crippen LogP contribution in [0.1, 0.15) is 121 Å². The summed E-state index contributed by atoms with van der Waals surface area (Å²) in [5, 5.41) is 4.01. The van der Waals surface area contributed by atoms with Crippen molar-refractivity contribution in [3.05, 3.63) is 35.4 Å². The average molecular weight is 694 g/mol. The lowest BCUT2D eigenvalue weighted by Gasteiger charge is -2.73. The Morgan fingerprint density at radius 1 is 0.857 bits per heavy atom. The van der Waals surface area contributed by atoms with Crippen molar-refractivity contribution >= 4 is 16.8 Å². The number of fused-ring (bicyclic) bond motifs is 7. The third-order valence-electron chi connectivity index (χ3n) is 16.7. The Labute approximate surface area is 300 Å². The van der Waals surface area contributed by atoms with E-state index in [9.17, 15) is 9.00 Å². The number of benzene rings is 1. The molecule has 6 fully saturated rings. The molecule has 1 N–H and O–H groups in total. The van der Waals surface area contributed by atoms with E-state index < -0.39 is 10.8 Å². The van der Waals surface area contributed by atoms with Crippen molar-refractivity contribution in [2.45, 2.75) is 117 Å². The molecule has 0 radical (unpaired) electrons. The lowest BCUT2D eigenvalue weighted by molar-refractivity contribution is -0.240. The molecule has 4 saturated carbocycles. The molecule has 1 aromatic rings. The van der Waals surface area contributed by atoms with E-state index in [0.29, 0.717) is 33.1 Å². The second-order valence-corrected chi connectivity index (χ2v) is 20.5. The number of likely N-dealkylation sites (tertiary alicyclic amines) is 1. The summed E-state index contributed by atoms with van der Waals surface area (Å²) in [6, 6.07) is 8.10. The molecule has 49 heavy (non-hydrogen) atoms. The lowest BCUT2D eigenvalue weighted by Crippen LogP contribution is -2.69. The Morgan fingerprint density at radius 3 is 2.35 bits per heavy atom. The summed E-state index contributed by atoms with van der Waals surface area (Å²) in [4.78, 5) is 17.3. The van der Waals surface area contributed by atoms with E-state index in [1.54, 1.807) is 0 Å². The monoisotopic (exact) mass is 693 g/mol. The van der Waals surface area contributed by atoms with Crippen molar-refractivity contribution in [1.82, 2.24) is 15.1 Å². The normalized spacial score (nSPS) is 40.9. The molecule has 6 nitrogen and oxygen atoms in total. The minimum Gasteiger partial charge on any atom is -0.465 e. The van der Waals surface area contributed by atoms with Gasteiger partial charge in [0, 0.05) is 54.0 Å². The SMILES string of the molecule is COC(=O)c1ccc(CN2CCC3(C)C(CCC4(C)C3CCC3C5CCCC5(CNCCCN5CCS(=O)CC5)CC[C@]34C)C2(C)C)cc1. The van der Waals surface area contributed by atoms with Crippen molar-refractivity contribution in [2.75, 3.05) is 57.9 Å². The van der Waals surface area contributed by atoms with Crippen molar-refractivity contribution in [3.63, 3.8) is 0 Å². The molecule has 2 saturated heterocycles. The molecule has 1 aromatic carbocycles. The number of methoxy groups -OCH3 is 1. The van der Waals surface area contributed by atoms with Crippen LogP contribution in [0, 0.1) is 45.3 Å². The van der Waals surface area contributed by atoms with Crippen LogP contribution in [0.25, 0.3) is 0 Å². The van der Waals surface area contributed by atoms with E-state index in [1.807, 2.05) is 12.1 Å². The van der Waals surface area contributed by atoms with Crippen molar-refractivity contribution in [3.8, 4) is 0 Å². The summed E-state index contributed by atoms with van der Waals surface area (Å²) >= 11 is 0. The Balaban J connectivity index is 1.01. The minimum absolute atomic E-state index is 0.138. The second kappa shape index (κ2) is 13.6. The number of carbonyl (C=O) groups is 1. The van der Waals surface area contributed by atoms with Crippen LogP contribution in [0.2, 0.25) is 0 Å². The van der Waals surface area contributed by atoms with Gasteiger partial charge in [-0.3, -0.25) is 9.11 Å². The van der Waals surface area contributed by atoms with Gasteiger partial charge in [-0.25, -0.2) is 4.79 Å². The topological polar surface area (TPSA) is 61.9 Å². The molecule has 0 bridgehead atoms. The maximum absolute atomic E-state index is 12.0. The maximum atomic E-state index is 12.0. The third kappa shape index (κ3) is 6.10. The Kier molecular flexibility index (Phi) is 10.0. The molecule has 4 aliphatic carbocycles. The van der Waals surface area contributed by atoms with E-state index in [2.05, 4.69) is 61.9 Å². The Bertz CT molecular complexity index is 1370. The van der Waals surface area contributed by atoms with E-state index in [1.165, 1.54) is 89.8 Å². The molecule has 7 heteroatoms. The molecule has 0 amide bonds. The zero-order valence-corrected chi connectivity index (χ0v) is 32.6. The van der Waals surface area contributed by atoms with Gasteiger partial charge < -0.3 is 15.0 Å². The first-order valence-corrected chi connectivity index (χ1v) is 21.6. The van der Waals surface area contributed by atoms with E-state index in [4.69, 9.17) is 4.74 Å². The zero-order chi connectivity index (χ0) is 34.7. The van der Waals surface area contributed by atoms with Crippen LogP contribution in [0.4, 0.5) is 0 Å². The number of hydrogen-bond donors (Lipinski definition) is 1. The Morgan fingerprint density at radius 2 is 1.61 bits per heavy atom. The highest BCUT2D eigenvalue weighted by atomic mass is 32.2. The minimum atomic E-state index is -0.579. The van der Waals surface area contributed by atoms with Gasteiger partial charge in [0.25, 0.3) is 0 Å². The molecule has 2 heterocycles. The van der Waals surface area contributed by atoms with Gasteiger partial charge in [0.05, 0.1) is 12.7 Å². The van der Waals surface area contributed by atoms with Crippen LogP contribution in [-0.2, 0) is 22.1 Å².